The summed E-state index contributed by atoms with van der Waals surface area (Å²) in [5.41, 5.74) is 0.987. The van der Waals surface area contributed by atoms with Gasteiger partial charge in [-0.3, -0.25) is 0 Å². The number of benzene rings is 2. The molecule has 0 aliphatic rings. The lowest BCUT2D eigenvalue weighted by Gasteiger charge is -2.01. The Bertz CT molecular complexity index is 638. The first-order valence-corrected chi connectivity index (χ1v) is 6.18. The molecule has 2 nitrogen and oxygen atoms in total. The molecule has 0 unspecified atom stereocenters. The van der Waals surface area contributed by atoms with Crippen molar-refractivity contribution < 1.29 is 0 Å². The number of fused-ring (bicyclic) bond motifs is 1. The third kappa shape index (κ3) is 2.29. The summed E-state index contributed by atoms with van der Waals surface area (Å²) in [6.45, 7) is 0. The van der Waals surface area contributed by atoms with Crippen molar-refractivity contribution in [1.82, 2.24) is 9.97 Å². The molecule has 0 aliphatic carbocycles. The Hall–Kier alpha value is -1.87. The standard InChI is InChI=1S/C14H10N2S/c1-2-7-12(8-3-1)17-14-15-10-11-6-4-5-9-13(11)16-14/h1-10H. The fourth-order valence-electron chi connectivity index (χ4n) is 1.60. The minimum Gasteiger partial charge on any atom is -0.230 e. The molecule has 0 spiro atoms. The minimum atomic E-state index is 0.787. The van der Waals surface area contributed by atoms with Gasteiger partial charge in [-0.25, -0.2) is 9.97 Å². The van der Waals surface area contributed by atoms with Crippen LogP contribution in [0.2, 0.25) is 0 Å². The van der Waals surface area contributed by atoms with Crippen LogP contribution in [0.1, 0.15) is 0 Å². The highest BCUT2D eigenvalue weighted by molar-refractivity contribution is 7.99. The van der Waals surface area contributed by atoms with Crippen molar-refractivity contribution in [2.45, 2.75) is 10.1 Å². The summed E-state index contributed by atoms with van der Waals surface area (Å²) < 4.78 is 0. The van der Waals surface area contributed by atoms with E-state index >= 15 is 0 Å². The van der Waals surface area contributed by atoms with Crippen LogP contribution in [-0.4, -0.2) is 9.97 Å². The molecule has 0 bridgehead atoms. The Labute approximate surface area is 104 Å². The van der Waals surface area contributed by atoms with Crippen LogP contribution in [0, 0.1) is 0 Å². The second-order valence-corrected chi connectivity index (χ2v) is 4.67. The molecule has 0 amide bonds. The Morgan fingerprint density at radius 1 is 0.824 bits per heavy atom. The minimum absolute atomic E-state index is 0.787. The highest BCUT2D eigenvalue weighted by atomic mass is 32.2. The van der Waals surface area contributed by atoms with Gasteiger partial charge in [-0.2, -0.15) is 0 Å². The second kappa shape index (κ2) is 4.55. The Balaban J connectivity index is 1.96. The summed E-state index contributed by atoms with van der Waals surface area (Å²) in [4.78, 5) is 10.0. The molecule has 2 aromatic carbocycles. The fourth-order valence-corrected chi connectivity index (χ4v) is 2.35. The van der Waals surface area contributed by atoms with Crippen molar-refractivity contribution in [3.63, 3.8) is 0 Å². The zero-order chi connectivity index (χ0) is 11.5. The van der Waals surface area contributed by atoms with Gasteiger partial charge in [0.15, 0.2) is 5.16 Å². The van der Waals surface area contributed by atoms with Gasteiger partial charge in [0.2, 0.25) is 0 Å². The molecule has 1 heterocycles. The molecule has 0 radical (unpaired) electrons. The summed E-state index contributed by atoms with van der Waals surface area (Å²) in [6, 6.07) is 18.2. The molecule has 0 saturated heterocycles. The molecule has 3 aromatic rings. The van der Waals surface area contributed by atoms with E-state index in [4.69, 9.17) is 0 Å². The highest BCUT2D eigenvalue weighted by Crippen LogP contribution is 2.25. The van der Waals surface area contributed by atoms with Crippen LogP contribution in [0.15, 0.2) is 70.8 Å². The topological polar surface area (TPSA) is 25.8 Å². The van der Waals surface area contributed by atoms with E-state index < -0.39 is 0 Å². The largest absolute Gasteiger partial charge is 0.230 e. The summed E-state index contributed by atoms with van der Waals surface area (Å²) in [6.07, 6.45) is 1.87. The van der Waals surface area contributed by atoms with Gasteiger partial charge in [0.05, 0.1) is 5.52 Å². The van der Waals surface area contributed by atoms with E-state index in [9.17, 15) is 0 Å². The third-order valence-corrected chi connectivity index (χ3v) is 3.31. The maximum atomic E-state index is 4.52. The number of rotatable bonds is 2. The van der Waals surface area contributed by atoms with Crippen LogP contribution < -0.4 is 0 Å². The zero-order valence-electron chi connectivity index (χ0n) is 9.08. The van der Waals surface area contributed by atoms with Crippen molar-refractivity contribution in [3.05, 3.63) is 60.8 Å². The predicted molar refractivity (Wildman–Crippen MR) is 70.1 cm³/mol. The van der Waals surface area contributed by atoms with Crippen molar-refractivity contribution in [3.8, 4) is 0 Å². The third-order valence-electron chi connectivity index (χ3n) is 2.42. The summed E-state index contributed by atoms with van der Waals surface area (Å²) in [5, 5.41) is 1.86. The van der Waals surface area contributed by atoms with Gasteiger partial charge in [-0.05, 0) is 30.0 Å². The molecule has 3 rings (SSSR count). The summed E-state index contributed by atoms with van der Waals surface area (Å²) in [5.74, 6) is 0. The maximum absolute atomic E-state index is 4.52. The van der Waals surface area contributed by atoms with Gasteiger partial charge < -0.3 is 0 Å². The summed E-state index contributed by atoms with van der Waals surface area (Å²) in [7, 11) is 0. The van der Waals surface area contributed by atoms with Crippen molar-refractivity contribution >= 4 is 22.7 Å². The number of hydrogen-bond acceptors (Lipinski definition) is 3. The van der Waals surface area contributed by atoms with Crippen molar-refractivity contribution in [2.24, 2.45) is 0 Å². The number of aromatic nitrogens is 2. The molecule has 0 aliphatic heterocycles. The highest BCUT2D eigenvalue weighted by Gasteiger charge is 2.01. The van der Waals surface area contributed by atoms with Crippen LogP contribution in [0.5, 0.6) is 0 Å². The first-order chi connectivity index (χ1) is 8.42. The van der Waals surface area contributed by atoms with Gasteiger partial charge >= 0.3 is 0 Å². The number of hydrogen-bond donors (Lipinski definition) is 0. The van der Waals surface area contributed by atoms with Crippen molar-refractivity contribution in [2.75, 3.05) is 0 Å². The van der Waals surface area contributed by atoms with Crippen LogP contribution in [-0.2, 0) is 0 Å². The molecule has 0 N–H and O–H groups in total. The van der Waals surface area contributed by atoms with Gasteiger partial charge in [-0.15, -0.1) is 0 Å². The fraction of sp³-hybridized carbons (Fsp3) is 0. The van der Waals surface area contributed by atoms with E-state index in [1.807, 2.05) is 48.7 Å². The molecule has 0 atom stereocenters. The van der Waals surface area contributed by atoms with E-state index in [-0.39, 0.29) is 0 Å². The normalized spacial score (nSPS) is 10.6. The first kappa shape index (κ1) is 10.3. The average Bonchev–Trinajstić information content (AvgIpc) is 2.40. The van der Waals surface area contributed by atoms with Gasteiger partial charge in [-0.1, -0.05) is 36.4 Å². The van der Waals surface area contributed by atoms with Gasteiger partial charge in [0.25, 0.3) is 0 Å². The zero-order valence-corrected chi connectivity index (χ0v) is 9.89. The summed E-state index contributed by atoms with van der Waals surface area (Å²) >= 11 is 1.58. The molecule has 17 heavy (non-hydrogen) atoms. The SMILES string of the molecule is c1ccc(Sc2ncc3ccccc3n2)cc1. The number of para-hydroxylation sites is 1. The first-order valence-electron chi connectivity index (χ1n) is 5.36. The predicted octanol–water partition coefficient (Wildman–Crippen LogP) is 3.78. The lowest BCUT2D eigenvalue weighted by Crippen LogP contribution is -1.86. The van der Waals surface area contributed by atoms with Crippen LogP contribution in [0.3, 0.4) is 0 Å². The molecule has 0 saturated carbocycles. The van der Waals surface area contributed by atoms with Crippen LogP contribution in [0.25, 0.3) is 10.9 Å². The second-order valence-electron chi connectivity index (χ2n) is 3.63. The smallest absolute Gasteiger partial charge is 0.192 e. The van der Waals surface area contributed by atoms with Crippen molar-refractivity contribution in [1.29, 1.82) is 0 Å². The monoisotopic (exact) mass is 238 g/mol. The lowest BCUT2D eigenvalue weighted by molar-refractivity contribution is 1.00. The van der Waals surface area contributed by atoms with Gasteiger partial charge in [0.1, 0.15) is 0 Å². The molecule has 82 valence electrons. The quantitative estimate of drug-likeness (QED) is 0.635. The molecular formula is C14H10N2S. The molecular weight excluding hydrogens is 228 g/mol. The molecule has 3 heteroatoms. The Kier molecular flexibility index (Phi) is 2.76. The van der Waals surface area contributed by atoms with E-state index in [1.165, 1.54) is 0 Å². The lowest BCUT2D eigenvalue weighted by atomic mass is 10.2. The van der Waals surface area contributed by atoms with Crippen LogP contribution in [0.4, 0.5) is 0 Å². The number of nitrogens with zero attached hydrogens (tertiary/aromatic N) is 2. The Morgan fingerprint density at radius 2 is 1.59 bits per heavy atom. The van der Waals surface area contributed by atoms with E-state index in [1.54, 1.807) is 11.8 Å². The van der Waals surface area contributed by atoms with Gasteiger partial charge in [0, 0.05) is 16.5 Å². The molecule has 1 aromatic heterocycles. The Morgan fingerprint density at radius 3 is 2.47 bits per heavy atom. The van der Waals surface area contributed by atoms with E-state index in [0.29, 0.717) is 0 Å². The van der Waals surface area contributed by atoms with Crippen LogP contribution >= 0.6 is 11.8 Å². The van der Waals surface area contributed by atoms with E-state index in [2.05, 4.69) is 22.1 Å². The average molecular weight is 238 g/mol. The maximum Gasteiger partial charge on any atom is 0.192 e. The van der Waals surface area contributed by atoms with E-state index in [0.717, 1.165) is 21.0 Å². The molecule has 0 fully saturated rings.